The van der Waals surface area contributed by atoms with Crippen molar-refractivity contribution in [1.82, 2.24) is 0 Å². The van der Waals surface area contributed by atoms with Crippen molar-refractivity contribution >= 4 is 88.8 Å². The zero-order valence-corrected chi connectivity index (χ0v) is 35.7. The summed E-state index contributed by atoms with van der Waals surface area (Å²) < 4.78 is 21.1. The summed E-state index contributed by atoms with van der Waals surface area (Å²) in [7, 11) is 0. The van der Waals surface area contributed by atoms with E-state index in [0.717, 1.165) is 100 Å². The fraction of sp³-hybridized carbons (Fsp3) is 0.138. The third-order valence-corrected chi connectivity index (χ3v) is 13.2. The van der Waals surface area contributed by atoms with E-state index in [0.29, 0.717) is 11.8 Å². The van der Waals surface area contributed by atoms with Gasteiger partial charge in [0.15, 0.2) is 16.9 Å². The number of nitrogens with zero attached hydrogens (tertiary/aromatic N) is 2. The highest BCUT2D eigenvalue weighted by atomic mass is 16.5. The first-order valence-electron chi connectivity index (χ1n) is 22.1. The van der Waals surface area contributed by atoms with Crippen molar-refractivity contribution in [2.24, 2.45) is 0 Å². The van der Waals surface area contributed by atoms with Gasteiger partial charge in [0.25, 0.3) is 0 Å². The van der Waals surface area contributed by atoms with Crippen LogP contribution in [0.3, 0.4) is 0 Å². The monoisotopic (exact) mass is 818 g/mol. The van der Waals surface area contributed by atoms with Gasteiger partial charge in [-0.2, -0.15) is 0 Å². The molecule has 1 aliphatic heterocycles. The highest BCUT2D eigenvalue weighted by molar-refractivity contribution is 6.17. The number of furan rings is 2. The van der Waals surface area contributed by atoms with E-state index in [-0.39, 0.29) is 12.0 Å². The molecule has 63 heavy (non-hydrogen) atoms. The Morgan fingerprint density at radius 3 is 1.40 bits per heavy atom. The minimum atomic E-state index is -0.210. The number of allylic oxidation sites excluding steroid dienone is 2. The molecule has 8 aromatic carbocycles. The van der Waals surface area contributed by atoms with Crippen LogP contribution in [0.4, 0.5) is 34.1 Å². The molecule has 0 fully saturated rings. The van der Waals surface area contributed by atoms with Gasteiger partial charge in [-0.15, -0.1) is 0 Å². The number of benzene rings is 8. The Balaban J connectivity index is 1.21. The zero-order valence-electron chi connectivity index (χ0n) is 35.7. The van der Waals surface area contributed by atoms with E-state index < -0.39 is 0 Å². The molecule has 5 nitrogen and oxygen atoms in total. The van der Waals surface area contributed by atoms with Gasteiger partial charge in [0.1, 0.15) is 17.3 Å². The van der Waals surface area contributed by atoms with Crippen LogP contribution in [-0.4, -0.2) is 6.10 Å². The van der Waals surface area contributed by atoms with Crippen LogP contribution in [0.15, 0.2) is 191 Å². The van der Waals surface area contributed by atoms with Gasteiger partial charge in [-0.05, 0) is 77.6 Å². The topological polar surface area (TPSA) is 42.0 Å². The predicted octanol–water partition coefficient (Wildman–Crippen LogP) is 16.8. The summed E-state index contributed by atoms with van der Waals surface area (Å²) in [5.74, 6) is 1.55. The Labute approximate surface area is 366 Å². The van der Waals surface area contributed by atoms with Crippen LogP contribution in [0.2, 0.25) is 0 Å². The van der Waals surface area contributed by atoms with Crippen molar-refractivity contribution in [3.63, 3.8) is 0 Å². The maximum atomic E-state index is 7.40. The Bertz CT molecular complexity index is 3460. The molecule has 12 rings (SSSR count). The SMILES string of the molecule is CC(C)c1ccc(N(c2c3c(c(N(c4ccc(C(C)C)cc4)c4cccc5c4oc4ccccc45)c4ccccc24)C2C=CC=CC2O3)c2cccc3c2oc2ccccc23)cc1. The molecule has 0 amide bonds. The fourth-order valence-corrected chi connectivity index (χ4v) is 10.00. The average molecular weight is 819 g/mol. The van der Waals surface area contributed by atoms with Crippen LogP contribution >= 0.6 is 0 Å². The number of para-hydroxylation sites is 4. The molecule has 2 atom stereocenters. The van der Waals surface area contributed by atoms with Gasteiger partial charge in [-0.25, -0.2) is 0 Å². The van der Waals surface area contributed by atoms with Gasteiger partial charge in [-0.3, -0.25) is 0 Å². The van der Waals surface area contributed by atoms with E-state index in [1.165, 1.54) is 11.1 Å². The number of fused-ring (bicyclic) bond motifs is 10. The number of rotatable bonds is 8. The van der Waals surface area contributed by atoms with E-state index in [9.17, 15) is 0 Å². The van der Waals surface area contributed by atoms with Gasteiger partial charge >= 0.3 is 0 Å². The Morgan fingerprint density at radius 2 is 0.873 bits per heavy atom. The van der Waals surface area contributed by atoms with Crippen LogP contribution in [0.5, 0.6) is 5.75 Å². The predicted molar refractivity (Wildman–Crippen MR) is 261 cm³/mol. The number of hydrogen-bond donors (Lipinski definition) is 0. The van der Waals surface area contributed by atoms with Gasteiger partial charge < -0.3 is 23.4 Å². The molecule has 1 aliphatic carbocycles. The lowest BCUT2D eigenvalue weighted by atomic mass is 9.87. The van der Waals surface area contributed by atoms with Crippen LogP contribution in [0, 0.1) is 0 Å². The minimum Gasteiger partial charge on any atom is -0.483 e. The first-order valence-corrected chi connectivity index (χ1v) is 22.1. The molecule has 0 saturated carbocycles. The molecule has 0 saturated heterocycles. The molecular weight excluding hydrogens is 773 g/mol. The summed E-state index contributed by atoms with van der Waals surface area (Å²) in [6.07, 6.45) is 8.58. The lowest BCUT2D eigenvalue weighted by Gasteiger charge is -2.33. The average Bonchev–Trinajstić information content (AvgIpc) is 4.02. The summed E-state index contributed by atoms with van der Waals surface area (Å²) >= 11 is 0. The van der Waals surface area contributed by atoms with Gasteiger partial charge in [0.05, 0.1) is 22.7 Å². The molecule has 0 radical (unpaired) electrons. The van der Waals surface area contributed by atoms with Crippen molar-refractivity contribution in [3.8, 4) is 5.75 Å². The van der Waals surface area contributed by atoms with Crippen molar-refractivity contribution in [1.29, 1.82) is 0 Å². The van der Waals surface area contributed by atoms with E-state index in [4.69, 9.17) is 13.6 Å². The fourth-order valence-electron chi connectivity index (χ4n) is 10.00. The maximum absolute atomic E-state index is 7.40. The van der Waals surface area contributed by atoms with Crippen LogP contribution in [-0.2, 0) is 0 Å². The second-order valence-corrected chi connectivity index (χ2v) is 17.5. The van der Waals surface area contributed by atoms with Crippen LogP contribution in [0.25, 0.3) is 54.6 Å². The van der Waals surface area contributed by atoms with Crippen molar-refractivity contribution in [2.45, 2.75) is 51.6 Å². The summed E-state index contributed by atoms with van der Waals surface area (Å²) in [5.41, 5.74) is 13.1. The third kappa shape index (κ3) is 5.83. The smallest absolute Gasteiger partial charge is 0.159 e. The molecule has 2 aliphatic rings. The van der Waals surface area contributed by atoms with Crippen LogP contribution in [0.1, 0.15) is 62.1 Å². The summed E-state index contributed by atoms with van der Waals surface area (Å²) in [5, 5.41) is 6.48. The second-order valence-electron chi connectivity index (χ2n) is 17.5. The lowest BCUT2D eigenvalue weighted by molar-refractivity contribution is 0.270. The minimum absolute atomic E-state index is 0.0668. The number of anilines is 6. The lowest BCUT2D eigenvalue weighted by Crippen LogP contribution is -2.18. The van der Waals surface area contributed by atoms with Gasteiger partial charge in [-0.1, -0.05) is 155 Å². The summed E-state index contributed by atoms with van der Waals surface area (Å²) in [4.78, 5) is 4.81. The molecule has 0 N–H and O–H groups in total. The molecule has 10 aromatic rings. The molecule has 2 unspecified atom stereocenters. The van der Waals surface area contributed by atoms with E-state index in [1.54, 1.807) is 0 Å². The summed E-state index contributed by atoms with van der Waals surface area (Å²) in [6, 6.07) is 56.6. The van der Waals surface area contributed by atoms with E-state index >= 15 is 0 Å². The van der Waals surface area contributed by atoms with Gasteiger partial charge in [0.2, 0.25) is 0 Å². The Morgan fingerprint density at radius 1 is 0.429 bits per heavy atom. The van der Waals surface area contributed by atoms with E-state index in [2.05, 4.69) is 207 Å². The van der Waals surface area contributed by atoms with Crippen LogP contribution < -0.4 is 14.5 Å². The largest absolute Gasteiger partial charge is 0.483 e. The molecular formula is C58H46N2O3. The first-order chi connectivity index (χ1) is 30.9. The maximum Gasteiger partial charge on any atom is 0.159 e. The molecule has 306 valence electrons. The number of hydrogen-bond acceptors (Lipinski definition) is 5. The molecule has 0 bridgehead atoms. The molecule has 3 heterocycles. The third-order valence-electron chi connectivity index (χ3n) is 13.2. The van der Waals surface area contributed by atoms with Gasteiger partial charge in [0, 0.05) is 55.2 Å². The van der Waals surface area contributed by atoms with Crippen molar-refractivity contribution < 1.29 is 13.6 Å². The zero-order chi connectivity index (χ0) is 42.3. The first kappa shape index (κ1) is 37.3. The molecule has 0 spiro atoms. The normalized spacial score (nSPS) is 15.6. The quantitative estimate of drug-likeness (QED) is 0.143. The number of ether oxygens (including phenoxy) is 1. The van der Waals surface area contributed by atoms with E-state index in [1.807, 2.05) is 12.1 Å². The van der Waals surface area contributed by atoms with Crippen molar-refractivity contribution in [3.05, 3.63) is 199 Å². The highest BCUT2D eigenvalue weighted by Gasteiger charge is 2.42. The van der Waals surface area contributed by atoms with Crippen molar-refractivity contribution in [2.75, 3.05) is 9.80 Å². The summed E-state index contributed by atoms with van der Waals surface area (Å²) in [6.45, 7) is 8.97. The Kier molecular flexibility index (Phi) is 8.62. The second kappa shape index (κ2) is 14.6. The molecule has 5 heteroatoms. The Hall–Kier alpha value is -7.50. The highest BCUT2D eigenvalue weighted by Crippen LogP contribution is 2.60. The standard InChI is InChI=1S/C58H46N2O3/c1-35(2)37-27-31-39(32-28-37)59(48-22-13-20-45-41-15-7-10-24-50(41)61-56(45)48)54-43-17-5-6-18-44(43)55(58-53(54)47-19-9-12-26-52(47)63-58)60(40-33-29-38(30-34-40)36(3)4)49-23-14-21-46-42-16-8-11-25-51(42)62-57(46)49/h5-36,47,52H,1-4H3. The molecule has 2 aromatic heterocycles.